The molecule has 6 heteroatoms. The van der Waals surface area contributed by atoms with Crippen LogP contribution in [0.15, 0.2) is 53.1 Å². The van der Waals surface area contributed by atoms with E-state index in [0.29, 0.717) is 16.3 Å². The lowest BCUT2D eigenvalue weighted by Crippen LogP contribution is -2.19. The Labute approximate surface area is 136 Å². The molecule has 112 valence electrons. The van der Waals surface area contributed by atoms with E-state index in [1.165, 1.54) is 6.08 Å². The van der Waals surface area contributed by atoms with Crippen LogP contribution in [0.3, 0.4) is 0 Å². The van der Waals surface area contributed by atoms with E-state index >= 15 is 0 Å². The van der Waals surface area contributed by atoms with Crippen LogP contribution >= 0.6 is 23.4 Å². The highest BCUT2D eigenvalue weighted by molar-refractivity contribution is 7.98. The lowest BCUT2D eigenvalue weighted by atomic mass is 10.0. The maximum Gasteiger partial charge on any atom is 0.291 e. The second-order valence-electron chi connectivity index (χ2n) is 4.78. The van der Waals surface area contributed by atoms with Gasteiger partial charge in [0, 0.05) is 27.1 Å². The van der Waals surface area contributed by atoms with E-state index in [0.717, 1.165) is 10.5 Å². The zero-order valence-electron chi connectivity index (χ0n) is 11.7. The fourth-order valence-electron chi connectivity index (χ4n) is 2.33. The normalized spacial score (nSPS) is 16.5. The van der Waals surface area contributed by atoms with E-state index in [-0.39, 0.29) is 5.70 Å². The SMILES string of the molecule is CSc1ccc(C2Oc3ccc(Cl)cc3C=C2[N+](=O)[O-])cc1. The molecular formula is C16H12ClNO3S. The highest BCUT2D eigenvalue weighted by Crippen LogP contribution is 2.38. The summed E-state index contributed by atoms with van der Waals surface area (Å²) in [6.45, 7) is 0. The largest absolute Gasteiger partial charge is 0.474 e. The van der Waals surface area contributed by atoms with Crippen LogP contribution in [-0.4, -0.2) is 11.2 Å². The first-order valence-corrected chi connectivity index (χ1v) is 8.15. The molecule has 1 aliphatic heterocycles. The maximum atomic E-state index is 11.4. The Hall–Kier alpha value is -1.98. The number of nitro groups is 1. The third kappa shape index (κ3) is 2.82. The third-order valence-electron chi connectivity index (χ3n) is 3.42. The summed E-state index contributed by atoms with van der Waals surface area (Å²) < 4.78 is 5.85. The second kappa shape index (κ2) is 6.02. The summed E-state index contributed by atoms with van der Waals surface area (Å²) in [5, 5.41) is 11.9. The Morgan fingerprint density at radius 3 is 2.59 bits per heavy atom. The van der Waals surface area contributed by atoms with Crippen LogP contribution in [0.5, 0.6) is 5.75 Å². The van der Waals surface area contributed by atoms with Gasteiger partial charge in [-0.25, -0.2) is 0 Å². The molecule has 0 aliphatic carbocycles. The number of halogens is 1. The number of hydrogen-bond donors (Lipinski definition) is 0. The van der Waals surface area contributed by atoms with Crippen molar-refractivity contribution in [1.82, 2.24) is 0 Å². The van der Waals surface area contributed by atoms with Gasteiger partial charge in [0.1, 0.15) is 5.75 Å². The van der Waals surface area contributed by atoms with E-state index in [1.54, 1.807) is 30.0 Å². The molecule has 2 aromatic carbocycles. The van der Waals surface area contributed by atoms with Gasteiger partial charge >= 0.3 is 0 Å². The van der Waals surface area contributed by atoms with Gasteiger partial charge in [-0.1, -0.05) is 23.7 Å². The van der Waals surface area contributed by atoms with Crippen molar-refractivity contribution >= 4 is 29.4 Å². The van der Waals surface area contributed by atoms with Crippen LogP contribution in [-0.2, 0) is 0 Å². The average molecular weight is 334 g/mol. The number of rotatable bonds is 3. The van der Waals surface area contributed by atoms with Crippen molar-refractivity contribution in [3.05, 3.63) is 74.4 Å². The summed E-state index contributed by atoms with van der Waals surface area (Å²) in [4.78, 5) is 12.1. The van der Waals surface area contributed by atoms with Crippen molar-refractivity contribution in [2.45, 2.75) is 11.0 Å². The fourth-order valence-corrected chi connectivity index (χ4v) is 2.92. The van der Waals surface area contributed by atoms with E-state index in [4.69, 9.17) is 16.3 Å². The monoisotopic (exact) mass is 333 g/mol. The van der Waals surface area contributed by atoms with Crippen LogP contribution in [0.25, 0.3) is 6.08 Å². The lowest BCUT2D eigenvalue weighted by Gasteiger charge is -2.22. The zero-order valence-corrected chi connectivity index (χ0v) is 13.2. The predicted molar refractivity (Wildman–Crippen MR) is 88.0 cm³/mol. The van der Waals surface area contributed by atoms with Crippen LogP contribution in [0.1, 0.15) is 17.2 Å². The predicted octanol–water partition coefficient (Wildman–Crippen LogP) is 4.81. The number of hydrogen-bond acceptors (Lipinski definition) is 4. The Kier molecular flexibility index (Phi) is 4.09. The summed E-state index contributed by atoms with van der Waals surface area (Å²) in [6, 6.07) is 12.7. The molecule has 1 aliphatic rings. The van der Waals surface area contributed by atoms with Crippen molar-refractivity contribution in [1.29, 1.82) is 0 Å². The van der Waals surface area contributed by atoms with Gasteiger partial charge in [-0.15, -0.1) is 11.8 Å². The molecule has 1 unspecified atom stereocenters. The standard InChI is InChI=1S/C16H12ClNO3S/c1-22-13-5-2-10(3-6-13)16-14(18(19)20)9-11-8-12(17)4-7-15(11)21-16/h2-9,16H,1H3. The van der Waals surface area contributed by atoms with Crippen LogP contribution in [0.4, 0.5) is 0 Å². The summed E-state index contributed by atoms with van der Waals surface area (Å²) in [5.74, 6) is 0.592. The van der Waals surface area contributed by atoms with Crippen LogP contribution < -0.4 is 4.74 Å². The summed E-state index contributed by atoms with van der Waals surface area (Å²) in [5.41, 5.74) is 1.38. The second-order valence-corrected chi connectivity index (χ2v) is 6.10. The molecule has 0 N–H and O–H groups in total. The molecule has 1 atom stereocenters. The Morgan fingerprint density at radius 2 is 1.95 bits per heavy atom. The van der Waals surface area contributed by atoms with Crippen molar-refractivity contribution in [3.8, 4) is 5.75 Å². The smallest absolute Gasteiger partial charge is 0.291 e. The number of nitrogens with zero attached hydrogens (tertiary/aromatic N) is 1. The molecule has 0 aromatic heterocycles. The molecule has 0 amide bonds. The van der Waals surface area contributed by atoms with Crippen molar-refractivity contribution < 1.29 is 9.66 Å². The van der Waals surface area contributed by atoms with Gasteiger partial charge in [0.25, 0.3) is 5.70 Å². The van der Waals surface area contributed by atoms with Crippen molar-refractivity contribution in [2.24, 2.45) is 0 Å². The molecule has 4 nitrogen and oxygen atoms in total. The van der Waals surface area contributed by atoms with Gasteiger partial charge in [-0.3, -0.25) is 10.1 Å². The number of fused-ring (bicyclic) bond motifs is 1. The number of benzene rings is 2. The minimum Gasteiger partial charge on any atom is -0.474 e. The fraction of sp³-hybridized carbons (Fsp3) is 0.125. The quantitative estimate of drug-likeness (QED) is 0.459. The Bertz CT molecular complexity index is 758. The lowest BCUT2D eigenvalue weighted by molar-refractivity contribution is -0.434. The maximum absolute atomic E-state index is 11.4. The Balaban J connectivity index is 2.04. The minimum absolute atomic E-state index is 0.00617. The first kappa shape index (κ1) is 14.9. The first-order chi connectivity index (χ1) is 10.6. The molecule has 0 radical (unpaired) electrons. The molecule has 1 heterocycles. The number of ether oxygens (including phenoxy) is 1. The molecule has 2 aromatic rings. The van der Waals surface area contributed by atoms with E-state index in [2.05, 4.69) is 0 Å². The van der Waals surface area contributed by atoms with Crippen molar-refractivity contribution in [3.63, 3.8) is 0 Å². The van der Waals surface area contributed by atoms with Crippen LogP contribution in [0.2, 0.25) is 5.02 Å². The molecule has 0 saturated carbocycles. The highest BCUT2D eigenvalue weighted by Gasteiger charge is 2.33. The average Bonchev–Trinajstić information content (AvgIpc) is 2.53. The van der Waals surface area contributed by atoms with E-state index in [9.17, 15) is 10.1 Å². The topological polar surface area (TPSA) is 52.4 Å². The van der Waals surface area contributed by atoms with Gasteiger partial charge < -0.3 is 4.74 Å². The highest BCUT2D eigenvalue weighted by atomic mass is 35.5. The number of thioether (sulfide) groups is 1. The van der Waals surface area contributed by atoms with E-state index < -0.39 is 11.0 Å². The first-order valence-electron chi connectivity index (χ1n) is 6.54. The van der Waals surface area contributed by atoms with Gasteiger partial charge in [0.2, 0.25) is 6.10 Å². The molecule has 0 bridgehead atoms. The minimum atomic E-state index is -0.723. The van der Waals surface area contributed by atoms with Crippen LogP contribution in [0, 0.1) is 10.1 Å². The van der Waals surface area contributed by atoms with Gasteiger partial charge in [-0.2, -0.15) is 0 Å². The summed E-state index contributed by atoms with van der Waals surface area (Å²) in [6.07, 6.45) is 2.78. The molecule has 3 rings (SSSR count). The van der Waals surface area contributed by atoms with Crippen molar-refractivity contribution in [2.75, 3.05) is 6.26 Å². The third-order valence-corrected chi connectivity index (χ3v) is 4.40. The molecular weight excluding hydrogens is 322 g/mol. The van der Waals surface area contributed by atoms with Gasteiger partial charge in [-0.05, 0) is 36.6 Å². The molecule has 0 spiro atoms. The van der Waals surface area contributed by atoms with Gasteiger partial charge in [0.05, 0.1) is 4.92 Å². The molecule has 0 fully saturated rings. The summed E-state index contributed by atoms with van der Waals surface area (Å²) >= 11 is 7.55. The van der Waals surface area contributed by atoms with E-state index in [1.807, 2.05) is 30.5 Å². The molecule has 22 heavy (non-hydrogen) atoms. The zero-order chi connectivity index (χ0) is 15.7. The van der Waals surface area contributed by atoms with Gasteiger partial charge in [0.15, 0.2) is 0 Å². The summed E-state index contributed by atoms with van der Waals surface area (Å²) in [7, 11) is 0. The molecule has 0 saturated heterocycles. The Morgan fingerprint density at radius 1 is 1.23 bits per heavy atom.